The number of amides is 1. The normalized spacial score (nSPS) is 15.0. The molecule has 0 radical (unpaired) electrons. The maximum absolute atomic E-state index is 12.7. The van der Waals surface area contributed by atoms with Crippen molar-refractivity contribution in [3.05, 3.63) is 54.1 Å². The second kappa shape index (κ2) is 7.39. The quantitative estimate of drug-likeness (QED) is 0.685. The molecule has 1 saturated heterocycles. The molecule has 0 aliphatic carbocycles. The molecular weight excluding hydrogens is 366 g/mol. The number of rotatable bonds is 3. The zero-order valence-electron chi connectivity index (χ0n) is 17.4. The van der Waals surface area contributed by atoms with Crippen LogP contribution in [0.5, 0.6) is 5.88 Å². The first-order valence-electron chi connectivity index (χ1n) is 9.89. The molecule has 3 aromatic rings. The Hall–Kier alpha value is -3.09. The molecule has 3 aromatic heterocycles. The van der Waals surface area contributed by atoms with Crippen LogP contribution < -0.4 is 9.64 Å². The van der Waals surface area contributed by atoms with Crippen LogP contribution in [0.25, 0.3) is 5.65 Å². The molecule has 0 saturated carbocycles. The van der Waals surface area contributed by atoms with Gasteiger partial charge in [-0.3, -0.25) is 4.79 Å². The van der Waals surface area contributed by atoms with Crippen LogP contribution >= 0.6 is 0 Å². The summed E-state index contributed by atoms with van der Waals surface area (Å²) < 4.78 is 7.15. The maximum atomic E-state index is 12.7. The third-order valence-electron chi connectivity index (χ3n) is 5.33. The fourth-order valence-corrected chi connectivity index (χ4v) is 3.51. The van der Waals surface area contributed by atoms with Gasteiger partial charge in [-0.25, -0.2) is 9.97 Å². The lowest BCUT2D eigenvalue weighted by Gasteiger charge is -2.36. The van der Waals surface area contributed by atoms with Gasteiger partial charge in [0.15, 0.2) is 0 Å². The first-order chi connectivity index (χ1) is 13.8. The molecule has 152 valence electrons. The smallest absolute Gasteiger partial charge is 0.255 e. The van der Waals surface area contributed by atoms with E-state index in [9.17, 15) is 4.79 Å². The molecule has 0 atom stereocenters. The minimum Gasteiger partial charge on any atom is -0.481 e. The van der Waals surface area contributed by atoms with Gasteiger partial charge in [0, 0.05) is 56.3 Å². The Labute approximate surface area is 170 Å². The van der Waals surface area contributed by atoms with Crippen molar-refractivity contribution in [3.8, 4) is 5.88 Å². The van der Waals surface area contributed by atoms with Crippen molar-refractivity contribution >= 4 is 17.2 Å². The zero-order chi connectivity index (χ0) is 20.6. The lowest BCUT2D eigenvalue weighted by molar-refractivity contribution is 0.0746. The number of hydrogen-bond acceptors (Lipinski definition) is 5. The predicted octanol–water partition coefficient (Wildman–Crippen LogP) is 3.00. The molecule has 0 spiro atoms. The van der Waals surface area contributed by atoms with E-state index >= 15 is 0 Å². The molecule has 4 heterocycles. The third-order valence-corrected chi connectivity index (χ3v) is 5.33. The second-order valence-corrected chi connectivity index (χ2v) is 8.40. The molecule has 1 amide bonds. The van der Waals surface area contributed by atoms with E-state index in [4.69, 9.17) is 9.72 Å². The zero-order valence-corrected chi connectivity index (χ0v) is 17.4. The summed E-state index contributed by atoms with van der Waals surface area (Å²) >= 11 is 0. The molecule has 7 nitrogen and oxygen atoms in total. The van der Waals surface area contributed by atoms with Gasteiger partial charge >= 0.3 is 0 Å². The maximum Gasteiger partial charge on any atom is 0.255 e. The highest BCUT2D eigenvalue weighted by Gasteiger charge is 2.23. The van der Waals surface area contributed by atoms with Gasteiger partial charge in [-0.1, -0.05) is 20.8 Å². The number of anilines is 1. The van der Waals surface area contributed by atoms with Gasteiger partial charge in [-0.05, 0) is 18.2 Å². The molecule has 7 heteroatoms. The molecule has 0 aromatic carbocycles. The van der Waals surface area contributed by atoms with Crippen LogP contribution in [0.15, 0.2) is 42.9 Å². The van der Waals surface area contributed by atoms with E-state index in [-0.39, 0.29) is 11.3 Å². The van der Waals surface area contributed by atoms with Crippen LogP contribution in [0.2, 0.25) is 0 Å². The van der Waals surface area contributed by atoms with Crippen LogP contribution in [0, 0.1) is 0 Å². The third kappa shape index (κ3) is 3.90. The molecule has 4 rings (SSSR count). The number of ether oxygens (including phenoxy) is 1. The minimum absolute atomic E-state index is 0.0136. The number of aromatic nitrogens is 3. The first-order valence-corrected chi connectivity index (χ1v) is 9.89. The van der Waals surface area contributed by atoms with E-state index in [1.807, 2.05) is 4.90 Å². The summed E-state index contributed by atoms with van der Waals surface area (Å²) in [6.07, 6.45) is 5.81. The Kier molecular flexibility index (Phi) is 4.90. The van der Waals surface area contributed by atoms with E-state index in [0.717, 1.165) is 30.1 Å². The number of imidazole rings is 1. The SMILES string of the molecule is COc1ccc(C(=O)N2CCN(c3ccc4nc(C(C)(C)C)cn4c3)CC2)cn1. The monoisotopic (exact) mass is 393 g/mol. The lowest BCUT2D eigenvalue weighted by atomic mass is 9.93. The molecule has 1 fully saturated rings. The van der Waals surface area contributed by atoms with Crippen molar-refractivity contribution in [2.75, 3.05) is 38.2 Å². The molecule has 0 bridgehead atoms. The van der Waals surface area contributed by atoms with Gasteiger partial charge in [0.2, 0.25) is 5.88 Å². The summed E-state index contributed by atoms with van der Waals surface area (Å²) in [5.41, 5.74) is 3.80. The van der Waals surface area contributed by atoms with E-state index in [1.54, 1.807) is 25.4 Å². The van der Waals surface area contributed by atoms with Gasteiger partial charge in [-0.15, -0.1) is 0 Å². The average Bonchev–Trinajstić information content (AvgIpc) is 3.17. The van der Waals surface area contributed by atoms with Crippen molar-refractivity contribution < 1.29 is 9.53 Å². The fourth-order valence-electron chi connectivity index (χ4n) is 3.51. The van der Waals surface area contributed by atoms with Crippen molar-refractivity contribution in [1.29, 1.82) is 0 Å². The Balaban J connectivity index is 1.44. The molecule has 1 aliphatic rings. The fraction of sp³-hybridized carbons (Fsp3) is 0.409. The van der Waals surface area contributed by atoms with Crippen molar-refractivity contribution in [1.82, 2.24) is 19.3 Å². The highest BCUT2D eigenvalue weighted by Crippen LogP contribution is 2.24. The van der Waals surface area contributed by atoms with Crippen LogP contribution in [0.4, 0.5) is 5.69 Å². The summed E-state index contributed by atoms with van der Waals surface area (Å²) in [5.74, 6) is 0.524. The number of piperazine rings is 1. The van der Waals surface area contributed by atoms with Crippen LogP contribution in [-0.4, -0.2) is 58.5 Å². The van der Waals surface area contributed by atoms with Crippen LogP contribution in [0.3, 0.4) is 0 Å². The Morgan fingerprint density at radius 1 is 1.03 bits per heavy atom. The standard InChI is InChI=1S/C22H27N5O2/c1-22(2,3)18-15-27-14-17(6-7-19(27)24-18)25-9-11-26(12-10-25)21(28)16-5-8-20(29-4)23-13-16/h5-8,13-15H,9-12H2,1-4H3. The number of carbonyl (C=O) groups excluding carboxylic acids is 1. The van der Waals surface area contributed by atoms with Crippen molar-refractivity contribution in [3.63, 3.8) is 0 Å². The van der Waals surface area contributed by atoms with Gasteiger partial charge < -0.3 is 18.9 Å². The van der Waals surface area contributed by atoms with E-state index < -0.39 is 0 Å². The number of hydrogen-bond donors (Lipinski definition) is 0. The number of carbonyl (C=O) groups is 1. The summed E-state index contributed by atoms with van der Waals surface area (Å²) in [5, 5.41) is 0. The summed E-state index contributed by atoms with van der Waals surface area (Å²) in [7, 11) is 1.56. The first kappa shape index (κ1) is 19.2. The predicted molar refractivity (Wildman–Crippen MR) is 113 cm³/mol. The molecule has 29 heavy (non-hydrogen) atoms. The van der Waals surface area contributed by atoms with Crippen LogP contribution in [-0.2, 0) is 5.41 Å². The van der Waals surface area contributed by atoms with Gasteiger partial charge in [-0.2, -0.15) is 0 Å². The minimum atomic E-state index is 0.0136. The highest BCUT2D eigenvalue weighted by molar-refractivity contribution is 5.94. The van der Waals surface area contributed by atoms with E-state index in [1.165, 1.54) is 0 Å². The largest absolute Gasteiger partial charge is 0.481 e. The Morgan fingerprint density at radius 2 is 1.79 bits per heavy atom. The number of methoxy groups -OCH3 is 1. The van der Waals surface area contributed by atoms with Gasteiger partial charge in [0.1, 0.15) is 5.65 Å². The topological polar surface area (TPSA) is 63.0 Å². The van der Waals surface area contributed by atoms with Gasteiger partial charge in [0.05, 0.1) is 24.1 Å². The summed E-state index contributed by atoms with van der Waals surface area (Å²) in [4.78, 5) is 25.8. The highest BCUT2D eigenvalue weighted by atomic mass is 16.5. The van der Waals surface area contributed by atoms with Crippen molar-refractivity contribution in [2.45, 2.75) is 26.2 Å². The second-order valence-electron chi connectivity index (χ2n) is 8.40. The van der Waals surface area contributed by atoms with Crippen LogP contribution in [0.1, 0.15) is 36.8 Å². The lowest BCUT2D eigenvalue weighted by Crippen LogP contribution is -2.48. The molecule has 0 unspecified atom stereocenters. The molecular formula is C22H27N5O2. The summed E-state index contributed by atoms with van der Waals surface area (Å²) in [6.45, 7) is 9.46. The number of pyridine rings is 2. The summed E-state index contributed by atoms with van der Waals surface area (Å²) in [6, 6.07) is 7.65. The van der Waals surface area contributed by atoms with E-state index in [2.05, 4.69) is 59.6 Å². The number of fused-ring (bicyclic) bond motifs is 1. The average molecular weight is 393 g/mol. The van der Waals surface area contributed by atoms with E-state index in [0.29, 0.717) is 24.5 Å². The van der Waals surface area contributed by atoms with Crippen molar-refractivity contribution in [2.24, 2.45) is 0 Å². The number of nitrogens with zero attached hydrogens (tertiary/aromatic N) is 5. The Bertz CT molecular complexity index is 1010. The molecule has 0 N–H and O–H groups in total. The van der Waals surface area contributed by atoms with Gasteiger partial charge in [0.25, 0.3) is 5.91 Å². The molecule has 1 aliphatic heterocycles. The Morgan fingerprint density at radius 3 is 2.41 bits per heavy atom.